The van der Waals surface area contributed by atoms with Gasteiger partial charge in [0.25, 0.3) is 0 Å². The molecule has 2 rings (SSSR count). The summed E-state index contributed by atoms with van der Waals surface area (Å²) in [6, 6.07) is -1.18. The largest absolute Gasteiger partial charge is 0.481 e. The third-order valence-corrected chi connectivity index (χ3v) is 3.11. The molecule has 0 spiro atoms. The first-order chi connectivity index (χ1) is 9.08. The Morgan fingerprint density at radius 3 is 2.68 bits per heavy atom. The van der Waals surface area contributed by atoms with Gasteiger partial charge in [0.2, 0.25) is 0 Å². The van der Waals surface area contributed by atoms with E-state index in [1.54, 1.807) is 0 Å². The Balaban J connectivity index is 2.21. The molecule has 7 nitrogen and oxygen atoms in total. The highest BCUT2D eigenvalue weighted by atomic mass is 16.4. The number of aryl methyl sites for hydroxylation is 1. The summed E-state index contributed by atoms with van der Waals surface area (Å²) in [6.45, 7) is 0. The lowest BCUT2D eigenvalue weighted by atomic mass is 9.96. The van der Waals surface area contributed by atoms with Crippen molar-refractivity contribution >= 4 is 17.8 Å². The van der Waals surface area contributed by atoms with Crippen LogP contribution < -0.4 is 5.32 Å². The van der Waals surface area contributed by atoms with Gasteiger partial charge in [0, 0.05) is 11.3 Å². The normalized spacial score (nSPS) is 15.4. The molecule has 1 aliphatic rings. The molecule has 1 aromatic rings. The standard InChI is InChI=1S/C12H15N3O4/c16-10(17)5-9(12(18)19)15-11-7-3-1-2-4-8(7)13-6-14-11/h6,9H,1-5H2,(H,16,17)(H,18,19)(H,13,14,15). The average Bonchev–Trinajstić information content (AvgIpc) is 2.37. The highest BCUT2D eigenvalue weighted by Crippen LogP contribution is 2.25. The van der Waals surface area contributed by atoms with Crippen LogP contribution in [0.15, 0.2) is 6.33 Å². The first kappa shape index (κ1) is 13.3. The van der Waals surface area contributed by atoms with Gasteiger partial charge < -0.3 is 15.5 Å². The minimum absolute atomic E-state index is 0.443. The predicted octanol–water partition coefficient (Wildman–Crippen LogP) is 0.695. The number of nitrogens with one attached hydrogen (secondary N) is 1. The molecule has 0 aromatic carbocycles. The quantitative estimate of drug-likeness (QED) is 0.718. The second kappa shape index (κ2) is 5.64. The second-order valence-corrected chi connectivity index (χ2v) is 4.49. The Hall–Kier alpha value is -2.18. The molecule has 0 amide bonds. The Bertz CT molecular complexity index is 504. The van der Waals surface area contributed by atoms with Gasteiger partial charge in [-0.1, -0.05) is 0 Å². The highest BCUT2D eigenvalue weighted by Gasteiger charge is 2.24. The van der Waals surface area contributed by atoms with Crippen LogP contribution in [0.1, 0.15) is 30.5 Å². The van der Waals surface area contributed by atoms with Crippen LogP contribution in [0.2, 0.25) is 0 Å². The number of nitrogens with zero attached hydrogens (tertiary/aromatic N) is 2. The molecule has 1 atom stereocenters. The minimum Gasteiger partial charge on any atom is -0.481 e. The molecule has 1 heterocycles. The third-order valence-electron chi connectivity index (χ3n) is 3.11. The zero-order valence-corrected chi connectivity index (χ0v) is 10.3. The molecular weight excluding hydrogens is 250 g/mol. The fraction of sp³-hybridized carbons (Fsp3) is 0.500. The summed E-state index contributed by atoms with van der Waals surface area (Å²) in [5.41, 5.74) is 1.83. The topological polar surface area (TPSA) is 112 Å². The molecule has 0 aliphatic heterocycles. The first-order valence-electron chi connectivity index (χ1n) is 6.12. The lowest BCUT2D eigenvalue weighted by Crippen LogP contribution is -2.33. The van der Waals surface area contributed by atoms with Gasteiger partial charge in [0.05, 0.1) is 6.42 Å². The van der Waals surface area contributed by atoms with E-state index < -0.39 is 24.4 Å². The van der Waals surface area contributed by atoms with Crippen molar-refractivity contribution in [3.8, 4) is 0 Å². The van der Waals surface area contributed by atoms with Crippen LogP contribution in [0.5, 0.6) is 0 Å². The summed E-state index contributed by atoms with van der Waals surface area (Å²) in [5, 5.41) is 20.4. The van der Waals surface area contributed by atoms with Crippen molar-refractivity contribution in [1.82, 2.24) is 9.97 Å². The molecule has 1 aromatic heterocycles. The summed E-state index contributed by atoms with van der Waals surface area (Å²) in [7, 11) is 0. The monoisotopic (exact) mass is 265 g/mol. The average molecular weight is 265 g/mol. The number of aromatic nitrogens is 2. The molecule has 0 bridgehead atoms. The number of aliphatic carboxylic acids is 2. The Morgan fingerprint density at radius 2 is 2.00 bits per heavy atom. The number of carbonyl (C=O) groups is 2. The van der Waals surface area contributed by atoms with Gasteiger partial charge in [-0.15, -0.1) is 0 Å². The summed E-state index contributed by atoms with van der Waals surface area (Å²) in [6.07, 6.45) is 4.59. The molecule has 0 fully saturated rings. The van der Waals surface area contributed by atoms with Crippen LogP contribution in [0.3, 0.4) is 0 Å². The maximum Gasteiger partial charge on any atom is 0.326 e. The lowest BCUT2D eigenvalue weighted by molar-refractivity contribution is -0.144. The number of fused-ring (bicyclic) bond motifs is 1. The Morgan fingerprint density at radius 1 is 1.26 bits per heavy atom. The zero-order chi connectivity index (χ0) is 13.8. The Kier molecular flexibility index (Phi) is 3.94. The van der Waals surface area contributed by atoms with Gasteiger partial charge in [0.1, 0.15) is 18.2 Å². The second-order valence-electron chi connectivity index (χ2n) is 4.49. The van der Waals surface area contributed by atoms with Crippen LogP contribution in [0.4, 0.5) is 5.82 Å². The van der Waals surface area contributed by atoms with Crippen molar-refractivity contribution in [3.63, 3.8) is 0 Å². The van der Waals surface area contributed by atoms with Crippen molar-refractivity contribution in [3.05, 3.63) is 17.6 Å². The van der Waals surface area contributed by atoms with Crippen LogP contribution in [0.25, 0.3) is 0 Å². The summed E-state index contributed by atoms with van der Waals surface area (Å²) in [5.74, 6) is -1.92. The molecule has 1 unspecified atom stereocenters. The van der Waals surface area contributed by atoms with Gasteiger partial charge in [0.15, 0.2) is 0 Å². The molecule has 0 saturated heterocycles. The van der Waals surface area contributed by atoms with Crippen molar-refractivity contribution in [1.29, 1.82) is 0 Å². The van der Waals surface area contributed by atoms with Crippen molar-refractivity contribution in [2.75, 3.05) is 5.32 Å². The van der Waals surface area contributed by atoms with Gasteiger partial charge in [-0.05, 0) is 25.7 Å². The van der Waals surface area contributed by atoms with Gasteiger partial charge >= 0.3 is 11.9 Å². The molecule has 3 N–H and O–H groups in total. The van der Waals surface area contributed by atoms with Crippen LogP contribution >= 0.6 is 0 Å². The SMILES string of the molecule is O=C(O)CC(Nc1ncnc2c1CCCC2)C(=O)O. The smallest absolute Gasteiger partial charge is 0.326 e. The number of rotatable bonds is 5. The summed E-state index contributed by atoms with van der Waals surface area (Å²) in [4.78, 5) is 29.9. The number of anilines is 1. The minimum atomic E-state index is -1.20. The van der Waals surface area contributed by atoms with E-state index in [2.05, 4.69) is 15.3 Å². The van der Waals surface area contributed by atoms with Crippen LogP contribution in [0, 0.1) is 0 Å². The molecular formula is C12H15N3O4. The van der Waals surface area contributed by atoms with Gasteiger partial charge in [-0.25, -0.2) is 14.8 Å². The van der Waals surface area contributed by atoms with E-state index in [1.807, 2.05) is 0 Å². The highest BCUT2D eigenvalue weighted by molar-refractivity contribution is 5.83. The van der Waals surface area contributed by atoms with E-state index in [0.29, 0.717) is 5.82 Å². The van der Waals surface area contributed by atoms with Crippen LogP contribution in [-0.4, -0.2) is 38.2 Å². The van der Waals surface area contributed by atoms with Crippen molar-refractivity contribution in [2.24, 2.45) is 0 Å². The van der Waals surface area contributed by atoms with Crippen molar-refractivity contribution in [2.45, 2.75) is 38.1 Å². The fourth-order valence-corrected chi connectivity index (χ4v) is 2.19. The maximum atomic E-state index is 11.0. The first-order valence-corrected chi connectivity index (χ1v) is 6.12. The van der Waals surface area contributed by atoms with Crippen LogP contribution in [-0.2, 0) is 22.4 Å². The molecule has 19 heavy (non-hydrogen) atoms. The summed E-state index contributed by atoms with van der Waals surface area (Å²) < 4.78 is 0. The Labute approximate surface area is 109 Å². The van der Waals surface area contributed by atoms with E-state index in [1.165, 1.54) is 6.33 Å². The van der Waals surface area contributed by atoms with E-state index >= 15 is 0 Å². The molecule has 0 saturated carbocycles. The molecule has 1 aliphatic carbocycles. The van der Waals surface area contributed by atoms with E-state index in [4.69, 9.17) is 10.2 Å². The number of carboxylic acids is 2. The maximum absolute atomic E-state index is 11.0. The third kappa shape index (κ3) is 3.18. The number of hydrogen-bond acceptors (Lipinski definition) is 5. The number of carboxylic acid groups (broad SMARTS) is 2. The van der Waals surface area contributed by atoms with Crippen molar-refractivity contribution < 1.29 is 19.8 Å². The van der Waals surface area contributed by atoms with E-state index in [-0.39, 0.29) is 0 Å². The zero-order valence-electron chi connectivity index (χ0n) is 10.3. The fourth-order valence-electron chi connectivity index (χ4n) is 2.19. The van der Waals surface area contributed by atoms with Gasteiger partial charge in [-0.3, -0.25) is 4.79 Å². The molecule has 7 heteroatoms. The number of hydrogen-bond donors (Lipinski definition) is 3. The molecule has 0 radical (unpaired) electrons. The lowest BCUT2D eigenvalue weighted by Gasteiger charge is -2.20. The van der Waals surface area contributed by atoms with E-state index in [9.17, 15) is 9.59 Å². The predicted molar refractivity (Wildman–Crippen MR) is 66.0 cm³/mol. The van der Waals surface area contributed by atoms with E-state index in [0.717, 1.165) is 36.9 Å². The summed E-state index contributed by atoms with van der Waals surface area (Å²) >= 11 is 0. The molecule has 102 valence electrons. The van der Waals surface area contributed by atoms with Gasteiger partial charge in [-0.2, -0.15) is 0 Å².